The van der Waals surface area contributed by atoms with E-state index in [4.69, 9.17) is 0 Å². The van der Waals surface area contributed by atoms with Gasteiger partial charge in [0.2, 0.25) is 0 Å². The second-order valence-corrected chi connectivity index (χ2v) is 16.4. The highest BCUT2D eigenvalue weighted by atomic mass is 79.9. The van der Waals surface area contributed by atoms with Gasteiger partial charge in [0.05, 0.1) is 41.3 Å². The number of halogens is 2. The molecule has 0 saturated heterocycles. The van der Waals surface area contributed by atoms with Crippen molar-refractivity contribution in [3.05, 3.63) is 71.8 Å². The van der Waals surface area contributed by atoms with Crippen molar-refractivity contribution < 1.29 is 38.4 Å². The van der Waals surface area contributed by atoms with Gasteiger partial charge in [-0.25, -0.2) is 0 Å². The minimum Gasteiger partial charge on any atom is -1.00 e. The van der Waals surface area contributed by atoms with Crippen LogP contribution in [0.2, 0.25) is 0 Å². The highest BCUT2D eigenvalue weighted by molar-refractivity contribution is 5.14. The maximum atomic E-state index is 2.37. The summed E-state index contributed by atoms with van der Waals surface area (Å²) in [5.74, 6) is 0. The van der Waals surface area contributed by atoms with Crippen LogP contribution in [-0.4, -0.2) is 50.2 Å². The first-order valence-corrected chi connectivity index (χ1v) is 21.0. The summed E-state index contributed by atoms with van der Waals surface area (Å²) in [7, 11) is 9.47. The van der Waals surface area contributed by atoms with E-state index < -0.39 is 0 Å². The first kappa shape index (κ1) is 51.2. The van der Waals surface area contributed by atoms with Gasteiger partial charge < -0.3 is 38.4 Å². The van der Waals surface area contributed by atoms with Gasteiger partial charge in [-0.2, -0.15) is 0 Å². The lowest BCUT2D eigenvalue weighted by molar-refractivity contribution is -0.903. The third-order valence-corrected chi connectivity index (χ3v) is 10.1. The normalized spacial score (nSPS) is 11.3. The van der Waals surface area contributed by atoms with Crippen LogP contribution in [0.5, 0.6) is 0 Å². The van der Waals surface area contributed by atoms with Gasteiger partial charge in [-0.3, -0.25) is 0 Å². The van der Waals surface area contributed by atoms with Crippen LogP contribution in [0, 0.1) is 0 Å². The molecule has 2 aromatic rings. The highest BCUT2D eigenvalue weighted by Crippen LogP contribution is 2.16. The monoisotopic (exact) mass is 779 g/mol. The molecular weight excluding hydrogens is 696 g/mol. The van der Waals surface area contributed by atoms with Gasteiger partial charge in [-0.1, -0.05) is 203 Å². The molecule has 0 N–H and O–H groups in total. The number of benzene rings is 2. The first-order valence-electron chi connectivity index (χ1n) is 21.0. The lowest BCUT2D eigenvalue weighted by Crippen LogP contribution is -3.00. The van der Waals surface area contributed by atoms with E-state index in [2.05, 4.69) is 103 Å². The van der Waals surface area contributed by atoms with Crippen LogP contribution in [-0.2, 0) is 13.1 Å². The van der Waals surface area contributed by atoms with Crippen molar-refractivity contribution in [2.45, 2.75) is 181 Å². The van der Waals surface area contributed by atoms with Gasteiger partial charge in [-0.15, -0.1) is 0 Å². The van der Waals surface area contributed by atoms with E-state index in [1.807, 2.05) is 0 Å². The Bertz CT molecular complexity index is 856. The Morgan fingerprint density at radius 1 is 0.340 bits per heavy atom. The maximum absolute atomic E-state index is 2.37. The Labute approximate surface area is 331 Å². The minimum atomic E-state index is 0. The molecule has 0 saturated carbocycles. The molecule has 0 aromatic heterocycles. The largest absolute Gasteiger partial charge is 1.00 e. The zero-order valence-electron chi connectivity index (χ0n) is 34.2. The van der Waals surface area contributed by atoms with Crippen molar-refractivity contribution in [1.29, 1.82) is 0 Å². The summed E-state index contributed by atoms with van der Waals surface area (Å²) in [6, 6.07) is 21.8. The van der Waals surface area contributed by atoms with E-state index in [1.54, 1.807) is 0 Å². The van der Waals surface area contributed by atoms with Gasteiger partial charge >= 0.3 is 0 Å². The molecule has 0 amide bonds. The van der Waals surface area contributed by atoms with Crippen molar-refractivity contribution in [3.63, 3.8) is 0 Å². The Hall–Kier alpha value is -0.870. The molecule has 0 unspecified atom stereocenters. The highest BCUT2D eigenvalue weighted by Gasteiger charge is 2.16. The molecule has 0 heterocycles. The van der Waals surface area contributed by atoms with Crippen LogP contribution in [0.15, 0.2) is 60.7 Å². The third-order valence-electron chi connectivity index (χ3n) is 10.1. The second-order valence-electron chi connectivity index (χ2n) is 16.4. The predicted molar refractivity (Wildman–Crippen MR) is 216 cm³/mol. The number of hydrogen-bond donors (Lipinski definition) is 0. The molecular formula is C46H84BrClN2. The van der Waals surface area contributed by atoms with Crippen molar-refractivity contribution >= 4 is 0 Å². The zero-order valence-corrected chi connectivity index (χ0v) is 36.6. The molecule has 292 valence electrons. The molecule has 2 rings (SSSR count). The average molecular weight is 781 g/mol. The van der Waals surface area contributed by atoms with Crippen LogP contribution in [0.3, 0.4) is 0 Å². The molecule has 0 aliphatic heterocycles. The zero-order chi connectivity index (χ0) is 35.0. The molecule has 50 heavy (non-hydrogen) atoms. The molecule has 0 atom stereocenters. The smallest absolute Gasteiger partial charge is 0.104 e. The third kappa shape index (κ3) is 33.0. The van der Waals surface area contributed by atoms with Crippen molar-refractivity contribution in [3.8, 4) is 0 Å². The number of hydrogen-bond acceptors (Lipinski definition) is 0. The standard InChI is InChI=1S/2C23H42N.BrH.ClH/c2*1-4-5-6-7-8-9-10-11-12-13-14-18-21-24(2,3)22-23-19-16-15-17-20-23;;/h2*15-17,19-20H,4-14,18,21-22H2,1-3H3;2*1H/q2*+1;;/p-2. The summed E-state index contributed by atoms with van der Waals surface area (Å²) in [5.41, 5.74) is 2.92. The van der Waals surface area contributed by atoms with Crippen LogP contribution >= 0.6 is 0 Å². The summed E-state index contributed by atoms with van der Waals surface area (Å²) in [5, 5.41) is 0. The van der Waals surface area contributed by atoms with Gasteiger partial charge in [0, 0.05) is 11.1 Å². The van der Waals surface area contributed by atoms with Crippen molar-refractivity contribution in [2.75, 3.05) is 41.3 Å². The fourth-order valence-electron chi connectivity index (χ4n) is 7.08. The number of quaternary nitrogens is 2. The van der Waals surface area contributed by atoms with Crippen molar-refractivity contribution in [2.24, 2.45) is 0 Å². The number of unbranched alkanes of at least 4 members (excludes halogenated alkanes) is 22. The van der Waals surface area contributed by atoms with E-state index in [0.717, 1.165) is 22.1 Å². The lowest BCUT2D eigenvalue weighted by atomic mass is 10.1. The molecule has 4 heteroatoms. The fraction of sp³-hybridized carbons (Fsp3) is 0.739. The van der Waals surface area contributed by atoms with Gasteiger partial charge in [0.15, 0.2) is 0 Å². The Morgan fingerprint density at radius 3 is 0.800 bits per heavy atom. The molecule has 0 radical (unpaired) electrons. The van der Waals surface area contributed by atoms with Crippen LogP contribution in [0.25, 0.3) is 0 Å². The van der Waals surface area contributed by atoms with Crippen LogP contribution < -0.4 is 29.4 Å². The topological polar surface area (TPSA) is 0 Å². The van der Waals surface area contributed by atoms with Gasteiger partial charge in [-0.05, 0) is 25.7 Å². The minimum absolute atomic E-state index is 0. The Kier molecular flexibility index (Phi) is 36.0. The van der Waals surface area contributed by atoms with E-state index in [1.165, 1.54) is 178 Å². The Balaban J connectivity index is 0. The predicted octanol–water partition coefficient (Wildman–Crippen LogP) is 7.94. The van der Waals surface area contributed by atoms with E-state index in [-0.39, 0.29) is 29.4 Å². The lowest BCUT2D eigenvalue weighted by Gasteiger charge is -2.30. The summed E-state index contributed by atoms with van der Waals surface area (Å²) in [6.07, 6.45) is 34.4. The van der Waals surface area contributed by atoms with Crippen LogP contribution in [0.1, 0.15) is 179 Å². The van der Waals surface area contributed by atoms with Crippen LogP contribution in [0.4, 0.5) is 0 Å². The fourth-order valence-corrected chi connectivity index (χ4v) is 7.08. The van der Waals surface area contributed by atoms with Crippen molar-refractivity contribution in [1.82, 2.24) is 0 Å². The summed E-state index contributed by atoms with van der Waals surface area (Å²) < 4.78 is 2.23. The maximum Gasteiger partial charge on any atom is 0.104 e. The molecule has 2 aromatic carbocycles. The van der Waals surface area contributed by atoms with Gasteiger partial charge in [0.1, 0.15) is 13.1 Å². The van der Waals surface area contributed by atoms with Gasteiger partial charge in [0.25, 0.3) is 0 Å². The second kappa shape index (κ2) is 35.2. The first-order chi connectivity index (χ1) is 23.3. The molecule has 0 aliphatic rings. The number of rotatable bonds is 30. The molecule has 2 nitrogen and oxygen atoms in total. The summed E-state index contributed by atoms with van der Waals surface area (Å²) in [4.78, 5) is 0. The average Bonchev–Trinajstić information content (AvgIpc) is 3.06. The molecule has 0 spiro atoms. The summed E-state index contributed by atoms with van der Waals surface area (Å²) in [6.45, 7) is 9.49. The molecule has 0 aliphatic carbocycles. The van der Waals surface area contributed by atoms with E-state index >= 15 is 0 Å². The molecule has 0 bridgehead atoms. The number of nitrogens with zero attached hydrogens (tertiary/aromatic N) is 2. The van der Waals surface area contributed by atoms with E-state index in [9.17, 15) is 0 Å². The Morgan fingerprint density at radius 2 is 0.560 bits per heavy atom. The summed E-state index contributed by atoms with van der Waals surface area (Å²) >= 11 is 0. The quantitative estimate of drug-likeness (QED) is 0.0559. The SMILES string of the molecule is CCCCCCCCCCCCCC[N+](C)(C)Cc1ccccc1.CCCCCCCCCCCCCC[N+](C)(C)Cc1ccccc1.[Br-].[Cl-]. The molecule has 0 fully saturated rings. The van der Waals surface area contributed by atoms with E-state index in [0.29, 0.717) is 0 Å².